The molecule has 0 saturated heterocycles. The van der Waals surface area contributed by atoms with Crippen LogP contribution in [0.25, 0.3) is 21.9 Å². The van der Waals surface area contributed by atoms with Crippen LogP contribution in [0.2, 0.25) is 10.0 Å². The largest absolute Gasteiger partial charge is 0.508 e. The molecule has 5 heteroatoms. The average Bonchev–Trinajstić information content (AvgIpc) is 2.86. The van der Waals surface area contributed by atoms with Gasteiger partial charge in [-0.15, -0.1) is 0 Å². The van der Waals surface area contributed by atoms with E-state index in [1.807, 2.05) is 79.7 Å². The molecule has 0 saturated carbocycles. The first-order valence-electron chi connectivity index (χ1n) is 10.5. The number of benzene rings is 5. The normalized spacial score (nSPS) is 9.97. The van der Waals surface area contributed by atoms with Crippen molar-refractivity contribution >= 4 is 34.0 Å². The Morgan fingerprint density at radius 1 is 0.529 bits per heavy atom. The maximum Gasteiger partial charge on any atom is 0.123 e. The second kappa shape index (κ2) is 12.0. The number of fused-ring (bicyclic) bond motifs is 1. The Hall–Kier alpha value is -3.66. The minimum Gasteiger partial charge on any atom is -0.508 e. The number of aromatic hydroxyl groups is 3. The lowest BCUT2D eigenvalue weighted by Gasteiger charge is -2.02. The summed E-state index contributed by atoms with van der Waals surface area (Å²) in [6.07, 6.45) is 0. The first-order valence-corrected chi connectivity index (χ1v) is 11.3. The van der Waals surface area contributed by atoms with E-state index in [2.05, 4.69) is 0 Å². The Kier molecular flexibility index (Phi) is 8.80. The van der Waals surface area contributed by atoms with E-state index in [1.165, 1.54) is 0 Å². The molecule has 0 atom stereocenters. The van der Waals surface area contributed by atoms with Crippen LogP contribution in [0.3, 0.4) is 0 Å². The second-order valence-corrected chi connectivity index (χ2v) is 8.24. The van der Waals surface area contributed by atoms with Crippen LogP contribution in [0, 0.1) is 6.92 Å². The van der Waals surface area contributed by atoms with Crippen molar-refractivity contribution in [1.82, 2.24) is 0 Å². The molecule has 0 unspecified atom stereocenters. The molecule has 34 heavy (non-hydrogen) atoms. The predicted octanol–water partition coefficient (Wildman–Crippen LogP) is 8.61. The SMILES string of the molecule is Cc1cc(O)ccc1Cl.Oc1ccc(Cl)c2ccccc12.Oc1ccccc1-c1ccccc1. The first-order chi connectivity index (χ1) is 16.4. The summed E-state index contributed by atoms with van der Waals surface area (Å²) in [4.78, 5) is 0. The van der Waals surface area contributed by atoms with Crippen LogP contribution in [-0.2, 0) is 0 Å². The van der Waals surface area contributed by atoms with Gasteiger partial charge in [-0.1, -0.05) is 96.0 Å². The fraction of sp³-hybridized carbons (Fsp3) is 0.0345. The summed E-state index contributed by atoms with van der Waals surface area (Å²) >= 11 is 11.6. The summed E-state index contributed by atoms with van der Waals surface area (Å²) in [6.45, 7) is 1.85. The maximum absolute atomic E-state index is 9.56. The van der Waals surface area contributed by atoms with Crippen LogP contribution in [0.1, 0.15) is 5.56 Å². The zero-order chi connectivity index (χ0) is 24.5. The number of hydrogen-bond acceptors (Lipinski definition) is 3. The van der Waals surface area contributed by atoms with E-state index in [0.717, 1.165) is 27.5 Å². The van der Waals surface area contributed by atoms with Crippen molar-refractivity contribution in [3.05, 3.63) is 125 Å². The zero-order valence-electron chi connectivity index (χ0n) is 18.5. The van der Waals surface area contributed by atoms with Gasteiger partial charge in [-0.25, -0.2) is 0 Å². The summed E-state index contributed by atoms with van der Waals surface area (Å²) in [6, 6.07) is 32.8. The lowest BCUT2D eigenvalue weighted by molar-refractivity contribution is 0.475. The van der Waals surface area contributed by atoms with Gasteiger partial charge in [-0.3, -0.25) is 0 Å². The second-order valence-electron chi connectivity index (χ2n) is 7.43. The molecule has 5 rings (SSSR count). The van der Waals surface area contributed by atoms with Crippen molar-refractivity contribution in [2.45, 2.75) is 6.92 Å². The van der Waals surface area contributed by atoms with E-state index in [-0.39, 0.29) is 11.5 Å². The van der Waals surface area contributed by atoms with Gasteiger partial charge in [0.1, 0.15) is 17.2 Å². The Morgan fingerprint density at radius 3 is 1.74 bits per heavy atom. The van der Waals surface area contributed by atoms with Gasteiger partial charge in [-0.2, -0.15) is 0 Å². The lowest BCUT2D eigenvalue weighted by atomic mass is 10.1. The Balaban J connectivity index is 0.000000146. The number of hydrogen-bond donors (Lipinski definition) is 3. The smallest absolute Gasteiger partial charge is 0.123 e. The number of aryl methyl sites for hydroxylation is 1. The molecular formula is C29H24Cl2O3. The molecule has 0 fully saturated rings. The van der Waals surface area contributed by atoms with Crippen molar-refractivity contribution in [2.24, 2.45) is 0 Å². The van der Waals surface area contributed by atoms with Crippen LogP contribution in [0.15, 0.2) is 109 Å². The van der Waals surface area contributed by atoms with Gasteiger partial charge in [0, 0.05) is 26.4 Å². The maximum atomic E-state index is 9.56. The van der Waals surface area contributed by atoms with E-state index < -0.39 is 0 Å². The molecule has 0 amide bonds. The van der Waals surface area contributed by atoms with Gasteiger partial charge in [0.2, 0.25) is 0 Å². The summed E-state index contributed by atoms with van der Waals surface area (Å²) in [5, 5.41) is 30.9. The van der Waals surface area contributed by atoms with E-state index in [0.29, 0.717) is 15.8 Å². The number of halogens is 2. The average molecular weight is 491 g/mol. The minimum absolute atomic E-state index is 0.261. The van der Waals surface area contributed by atoms with Crippen molar-refractivity contribution in [3.8, 4) is 28.4 Å². The summed E-state index contributed by atoms with van der Waals surface area (Å²) in [5.41, 5.74) is 2.82. The highest BCUT2D eigenvalue weighted by molar-refractivity contribution is 6.35. The Labute approximate surface area is 209 Å². The molecule has 0 aliphatic rings. The highest BCUT2D eigenvalue weighted by Crippen LogP contribution is 2.30. The standard InChI is InChI=1S/C12H10O.C10H7ClO.C7H7ClO/c13-12-9-5-4-8-11(12)10-6-2-1-3-7-10;11-9-5-6-10(12)8-4-2-1-3-7(8)9;1-5-4-6(9)2-3-7(5)8/h1-9,13H;1-6,12H;2-4,9H,1H3. The zero-order valence-corrected chi connectivity index (χ0v) is 20.0. The van der Waals surface area contributed by atoms with Crippen molar-refractivity contribution < 1.29 is 15.3 Å². The molecule has 0 radical (unpaired) electrons. The minimum atomic E-state index is 0.261. The Bertz CT molecular complexity index is 1330. The molecular weight excluding hydrogens is 467 g/mol. The first kappa shape index (κ1) is 25.0. The van der Waals surface area contributed by atoms with Crippen molar-refractivity contribution in [1.29, 1.82) is 0 Å². The topological polar surface area (TPSA) is 60.7 Å². The van der Waals surface area contributed by atoms with Crippen molar-refractivity contribution in [2.75, 3.05) is 0 Å². The molecule has 0 aliphatic heterocycles. The summed E-state index contributed by atoms with van der Waals surface area (Å²) in [7, 11) is 0. The highest BCUT2D eigenvalue weighted by atomic mass is 35.5. The van der Waals surface area contributed by atoms with Crippen LogP contribution < -0.4 is 0 Å². The highest BCUT2D eigenvalue weighted by Gasteiger charge is 2.01. The molecule has 0 spiro atoms. The molecule has 0 aromatic heterocycles. The molecule has 0 heterocycles. The molecule has 3 N–H and O–H groups in total. The van der Waals surface area contributed by atoms with Crippen molar-refractivity contribution in [3.63, 3.8) is 0 Å². The third kappa shape index (κ3) is 6.67. The number of phenolic OH excluding ortho intramolecular Hbond substituents is 3. The number of rotatable bonds is 1. The monoisotopic (exact) mass is 490 g/mol. The van der Waals surface area contributed by atoms with Crippen LogP contribution in [0.4, 0.5) is 0 Å². The van der Waals surface area contributed by atoms with E-state index >= 15 is 0 Å². The number of para-hydroxylation sites is 1. The third-order valence-corrected chi connectivity index (χ3v) is 5.73. The van der Waals surface area contributed by atoms with Crippen LogP contribution in [0.5, 0.6) is 17.2 Å². The van der Waals surface area contributed by atoms with Crippen LogP contribution >= 0.6 is 23.2 Å². The van der Waals surface area contributed by atoms with E-state index in [1.54, 1.807) is 36.4 Å². The molecule has 5 aromatic rings. The predicted molar refractivity (Wildman–Crippen MR) is 142 cm³/mol. The molecule has 172 valence electrons. The van der Waals surface area contributed by atoms with E-state index in [4.69, 9.17) is 28.3 Å². The Morgan fingerprint density at radius 2 is 1.12 bits per heavy atom. The van der Waals surface area contributed by atoms with Gasteiger partial charge in [-0.05, 0) is 54.4 Å². The fourth-order valence-electron chi connectivity index (χ4n) is 3.21. The third-order valence-electron chi connectivity index (χ3n) is 4.98. The molecule has 3 nitrogen and oxygen atoms in total. The quantitative estimate of drug-likeness (QED) is 0.220. The van der Waals surface area contributed by atoms with Crippen LogP contribution in [-0.4, -0.2) is 15.3 Å². The molecule has 5 aromatic carbocycles. The van der Waals surface area contributed by atoms with Gasteiger partial charge in [0.25, 0.3) is 0 Å². The van der Waals surface area contributed by atoms with Gasteiger partial charge in [0.05, 0.1) is 0 Å². The van der Waals surface area contributed by atoms with E-state index in [9.17, 15) is 10.2 Å². The van der Waals surface area contributed by atoms with Gasteiger partial charge < -0.3 is 15.3 Å². The summed E-state index contributed by atoms with van der Waals surface area (Å²) in [5.74, 6) is 0.862. The van der Waals surface area contributed by atoms with Gasteiger partial charge >= 0.3 is 0 Å². The number of phenols is 3. The molecule has 0 aliphatic carbocycles. The fourth-order valence-corrected chi connectivity index (χ4v) is 3.56. The molecule has 0 bridgehead atoms. The van der Waals surface area contributed by atoms with Gasteiger partial charge in [0.15, 0.2) is 0 Å². The summed E-state index contributed by atoms with van der Waals surface area (Å²) < 4.78 is 0. The lowest BCUT2D eigenvalue weighted by Crippen LogP contribution is -1.76.